The Labute approximate surface area is 140 Å². The number of aryl methyl sites for hydroxylation is 2. The van der Waals surface area contributed by atoms with E-state index < -0.39 is 0 Å². The Morgan fingerprint density at radius 1 is 1.12 bits per heavy atom. The molecule has 1 N–H and O–H groups in total. The second-order valence-electron chi connectivity index (χ2n) is 5.75. The first-order valence-electron chi connectivity index (χ1n) is 8.07. The smallest absolute Gasteiger partial charge is 0.273 e. The van der Waals surface area contributed by atoms with Crippen molar-refractivity contribution in [1.29, 1.82) is 0 Å². The Morgan fingerprint density at radius 2 is 1.96 bits per heavy atom. The molecule has 5 heteroatoms. The molecule has 2 heterocycles. The normalized spacial score (nSPS) is 10.7. The van der Waals surface area contributed by atoms with Gasteiger partial charge in [0.05, 0.1) is 6.26 Å². The predicted molar refractivity (Wildman–Crippen MR) is 90.7 cm³/mol. The lowest BCUT2D eigenvalue weighted by Crippen LogP contribution is -2.24. The zero-order valence-corrected chi connectivity index (χ0v) is 13.6. The second kappa shape index (κ2) is 7.64. The summed E-state index contributed by atoms with van der Waals surface area (Å²) in [6.45, 7) is 2.70. The second-order valence-corrected chi connectivity index (χ2v) is 5.75. The SMILES string of the molecule is Cc1ccc(CCCCNC(=O)c2cc(-c3ccco3)on2)cc1. The molecule has 0 bridgehead atoms. The Morgan fingerprint density at radius 3 is 2.71 bits per heavy atom. The summed E-state index contributed by atoms with van der Waals surface area (Å²) in [4.78, 5) is 12.0. The van der Waals surface area contributed by atoms with Gasteiger partial charge in [-0.15, -0.1) is 0 Å². The van der Waals surface area contributed by atoms with Crippen LogP contribution < -0.4 is 5.32 Å². The molecule has 5 nitrogen and oxygen atoms in total. The number of carbonyl (C=O) groups excluding carboxylic acids is 1. The molecule has 24 heavy (non-hydrogen) atoms. The summed E-state index contributed by atoms with van der Waals surface area (Å²) in [7, 11) is 0. The molecule has 1 amide bonds. The largest absolute Gasteiger partial charge is 0.461 e. The van der Waals surface area contributed by atoms with Gasteiger partial charge in [0, 0.05) is 12.6 Å². The first-order valence-corrected chi connectivity index (χ1v) is 8.07. The van der Waals surface area contributed by atoms with E-state index in [4.69, 9.17) is 8.94 Å². The molecule has 0 saturated carbocycles. The van der Waals surface area contributed by atoms with Gasteiger partial charge in [0.25, 0.3) is 5.91 Å². The van der Waals surface area contributed by atoms with Crippen LogP contribution in [0.5, 0.6) is 0 Å². The van der Waals surface area contributed by atoms with Crippen molar-refractivity contribution in [3.63, 3.8) is 0 Å². The van der Waals surface area contributed by atoms with Crippen LogP contribution in [0.15, 0.2) is 57.7 Å². The van der Waals surface area contributed by atoms with Crippen LogP contribution in [0, 0.1) is 6.92 Å². The van der Waals surface area contributed by atoms with Crippen LogP contribution in [0.4, 0.5) is 0 Å². The van der Waals surface area contributed by atoms with E-state index >= 15 is 0 Å². The minimum absolute atomic E-state index is 0.230. The van der Waals surface area contributed by atoms with E-state index in [1.54, 1.807) is 24.5 Å². The molecule has 0 saturated heterocycles. The van der Waals surface area contributed by atoms with Crippen molar-refractivity contribution in [3.8, 4) is 11.5 Å². The molecule has 0 radical (unpaired) electrons. The minimum atomic E-state index is -0.230. The molecule has 0 aliphatic carbocycles. The molecular weight excluding hydrogens is 304 g/mol. The topological polar surface area (TPSA) is 68.3 Å². The zero-order valence-electron chi connectivity index (χ0n) is 13.6. The summed E-state index contributed by atoms with van der Waals surface area (Å²) in [5, 5.41) is 6.64. The van der Waals surface area contributed by atoms with Crippen LogP contribution >= 0.6 is 0 Å². The van der Waals surface area contributed by atoms with Crippen LogP contribution in [0.1, 0.15) is 34.5 Å². The van der Waals surface area contributed by atoms with Crippen LogP contribution in [-0.4, -0.2) is 17.6 Å². The molecule has 3 rings (SSSR count). The first kappa shape index (κ1) is 16.1. The molecule has 2 aromatic heterocycles. The molecule has 3 aromatic rings. The quantitative estimate of drug-likeness (QED) is 0.667. The number of nitrogens with zero attached hydrogens (tertiary/aromatic N) is 1. The fraction of sp³-hybridized carbons (Fsp3) is 0.263. The average Bonchev–Trinajstić information content (AvgIpc) is 3.27. The van der Waals surface area contributed by atoms with Gasteiger partial charge < -0.3 is 14.3 Å². The molecular formula is C19H20N2O3. The Bertz CT molecular complexity index is 773. The van der Waals surface area contributed by atoms with Crippen molar-refractivity contribution >= 4 is 5.91 Å². The fourth-order valence-corrected chi connectivity index (χ4v) is 2.42. The van der Waals surface area contributed by atoms with E-state index in [9.17, 15) is 4.79 Å². The van der Waals surface area contributed by atoms with Crippen LogP contribution in [0.2, 0.25) is 0 Å². The van der Waals surface area contributed by atoms with Gasteiger partial charge in [-0.1, -0.05) is 35.0 Å². The van der Waals surface area contributed by atoms with Gasteiger partial charge in [0.2, 0.25) is 5.76 Å². The number of rotatable bonds is 7. The third-order valence-corrected chi connectivity index (χ3v) is 3.81. The molecule has 0 fully saturated rings. The maximum absolute atomic E-state index is 12.0. The van der Waals surface area contributed by atoms with Crippen LogP contribution in [-0.2, 0) is 6.42 Å². The highest BCUT2D eigenvalue weighted by molar-refractivity contribution is 5.92. The highest BCUT2D eigenvalue weighted by Crippen LogP contribution is 2.20. The maximum atomic E-state index is 12.0. The highest BCUT2D eigenvalue weighted by atomic mass is 16.5. The molecule has 0 aliphatic rings. The van der Waals surface area contributed by atoms with Crippen molar-refractivity contribution in [2.24, 2.45) is 0 Å². The van der Waals surface area contributed by atoms with Gasteiger partial charge in [-0.05, 0) is 43.9 Å². The summed E-state index contributed by atoms with van der Waals surface area (Å²) < 4.78 is 10.3. The van der Waals surface area contributed by atoms with Gasteiger partial charge in [-0.2, -0.15) is 0 Å². The van der Waals surface area contributed by atoms with E-state index in [1.165, 1.54) is 11.1 Å². The predicted octanol–water partition coefficient (Wildman–Crippen LogP) is 4.00. The summed E-state index contributed by atoms with van der Waals surface area (Å²) in [5.41, 5.74) is 2.86. The van der Waals surface area contributed by atoms with Crippen molar-refractivity contribution in [1.82, 2.24) is 10.5 Å². The number of unbranched alkanes of at least 4 members (excludes halogenated alkanes) is 1. The number of carbonyl (C=O) groups is 1. The fourth-order valence-electron chi connectivity index (χ4n) is 2.42. The molecule has 0 atom stereocenters. The zero-order chi connectivity index (χ0) is 16.8. The molecule has 1 aromatic carbocycles. The first-order chi connectivity index (χ1) is 11.7. The number of furan rings is 1. The maximum Gasteiger partial charge on any atom is 0.273 e. The van der Waals surface area contributed by atoms with Crippen molar-refractivity contribution in [2.75, 3.05) is 6.54 Å². The van der Waals surface area contributed by atoms with Crippen LogP contribution in [0.3, 0.4) is 0 Å². The van der Waals surface area contributed by atoms with E-state index in [2.05, 4.69) is 41.7 Å². The summed E-state index contributed by atoms with van der Waals surface area (Å²) >= 11 is 0. The van der Waals surface area contributed by atoms with Gasteiger partial charge in [0.15, 0.2) is 11.5 Å². The third kappa shape index (κ3) is 4.13. The Balaban J connectivity index is 1.40. The van der Waals surface area contributed by atoms with Gasteiger partial charge in [-0.25, -0.2) is 0 Å². The molecule has 0 unspecified atom stereocenters. The van der Waals surface area contributed by atoms with E-state index in [0.717, 1.165) is 19.3 Å². The molecule has 0 aliphatic heterocycles. The standard InChI is InChI=1S/C19H20N2O3/c1-14-7-9-15(10-8-14)5-2-3-11-20-19(22)16-13-18(24-21-16)17-6-4-12-23-17/h4,6-10,12-13H,2-3,5,11H2,1H3,(H,20,22). The molecule has 124 valence electrons. The number of nitrogens with one attached hydrogen (secondary N) is 1. The van der Waals surface area contributed by atoms with E-state index in [1.807, 2.05) is 0 Å². The lowest BCUT2D eigenvalue weighted by Gasteiger charge is -2.04. The lowest BCUT2D eigenvalue weighted by atomic mass is 10.1. The number of aromatic nitrogens is 1. The van der Waals surface area contributed by atoms with Gasteiger partial charge in [-0.3, -0.25) is 4.79 Å². The Kier molecular flexibility index (Phi) is 5.11. The summed E-state index contributed by atoms with van der Waals surface area (Å²) in [5.74, 6) is 0.774. The molecule has 0 spiro atoms. The highest BCUT2D eigenvalue weighted by Gasteiger charge is 2.14. The van der Waals surface area contributed by atoms with Crippen LogP contribution in [0.25, 0.3) is 11.5 Å². The monoisotopic (exact) mass is 324 g/mol. The van der Waals surface area contributed by atoms with E-state index in [-0.39, 0.29) is 11.6 Å². The van der Waals surface area contributed by atoms with Crippen molar-refractivity contribution in [3.05, 3.63) is 65.5 Å². The number of amides is 1. The minimum Gasteiger partial charge on any atom is -0.461 e. The number of hydrogen-bond acceptors (Lipinski definition) is 4. The van der Waals surface area contributed by atoms with Crippen molar-refractivity contribution in [2.45, 2.75) is 26.2 Å². The van der Waals surface area contributed by atoms with Gasteiger partial charge >= 0.3 is 0 Å². The van der Waals surface area contributed by atoms with E-state index in [0.29, 0.717) is 18.1 Å². The number of hydrogen-bond donors (Lipinski definition) is 1. The third-order valence-electron chi connectivity index (χ3n) is 3.81. The lowest BCUT2D eigenvalue weighted by molar-refractivity contribution is 0.0944. The van der Waals surface area contributed by atoms with Crippen molar-refractivity contribution < 1.29 is 13.7 Å². The average molecular weight is 324 g/mol. The summed E-state index contributed by atoms with van der Waals surface area (Å²) in [6, 6.07) is 13.6. The van der Waals surface area contributed by atoms with Gasteiger partial charge in [0.1, 0.15) is 0 Å². The Hall–Kier alpha value is -2.82. The summed E-state index contributed by atoms with van der Waals surface area (Å²) in [6.07, 6.45) is 4.51. The number of benzene rings is 1.